The molecule has 0 saturated heterocycles. The van der Waals surface area contributed by atoms with E-state index in [2.05, 4.69) is 52.4 Å². The molecule has 0 unspecified atom stereocenters. The lowest BCUT2D eigenvalue weighted by Crippen LogP contribution is -2.13. The summed E-state index contributed by atoms with van der Waals surface area (Å²) in [5, 5.41) is 11.0. The highest BCUT2D eigenvalue weighted by molar-refractivity contribution is 9.13. The van der Waals surface area contributed by atoms with E-state index in [0.29, 0.717) is 16.8 Å². The summed E-state index contributed by atoms with van der Waals surface area (Å²) >= 11 is 7.96. The minimum Gasteiger partial charge on any atom is -0.411 e. The van der Waals surface area contributed by atoms with Crippen LogP contribution >= 0.6 is 43.6 Å². The second-order valence-electron chi connectivity index (χ2n) is 4.57. The van der Waals surface area contributed by atoms with Gasteiger partial charge in [-0.3, -0.25) is 9.78 Å². The summed E-state index contributed by atoms with van der Waals surface area (Å²) in [6, 6.07) is 9.04. The van der Waals surface area contributed by atoms with Gasteiger partial charge in [0.25, 0.3) is 5.22 Å². The number of thioether (sulfide) groups is 1. The van der Waals surface area contributed by atoms with E-state index in [1.165, 1.54) is 11.8 Å². The molecule has 2 heterocycles. The summed E-state index contributed by atoms with van der Waals surface area (Å²) in [5.74, 6) is 0.418. The van der Waals surface area contributed by atoms with Crippen LogP contribution in [0.4, 0.5) is 5.69 Å². The number of carbonyl (C=O) groups is 1. The number of anilines is 1. The summed E-state index contributed by atoms with van der Waals surface area (Å²) in [6.45, 7) is 0. The van der Waals surface area contributed by atoms with Gasteiger partial charge in [0.15, 0.2) is 0 Å². The number of aromatic nitrogens is 3. The maximum Gasteiger partial charge on any atom is 0.277 e. The van der Waals surface area contributed by atoms with E-state index in [1.807, 2.05) is 18.2 Å². The molecular formula is C15H10Br2N4O2S. The molecule has 1 amide bonds. The molecule has 0 aliphatic rings. The van der Waals surface area contributed by atoms with Gasteiger partial charge in [-0.05, 0) is 62.2 Å². The lowest BCUT2D eigenvalue weighted by molar-refractivity contribution is -0.113. The molecule has 0 aliphatic carbocycles. The Hall–Kier alpha value is -1.71. The highest BCUT2D eigenvalue weighted by atomic mass is 79.9. The lowest BCUT2D eigenvalue weighted by Gasteiger charge is -2.05. The standard InChI is InChI=1S/C15H10Br2N4O2S/c16-11-2-1-10(7-12(11)17)19-13(22)8-24-15-21-20-14(23-15)9-3-5-18-6-4-9/h1-7H,8H2,(H,19,22). The molecule has 0 spiro atoms. The zero-order chi connectivity index (χ0) is 16.9. The number of nitrogens with one attached hydrogen (secondary N) is 1. The van der Waals surface area contributed by atoms with Crippen molar-refractivity contribution in [2.24, 2.45) is 0 Å². The normalized spacial score (nSPS) is 10.6. The summed E-state index contributed by atoms with van der Waals surface area (Å²) in [4.78, 5) is 15.9. The Balaban J connectivity index is 1.56. The average molecular weight is 470 g/mol. The smallest absolute Gasteiger partial charge is 0.277 e. The van der Waals surface area contributed by atoms with Crippen molar-refractivity contribution < 1.29 is 9.21 Å². The van der Waals surface area contributed by atoms with Crippen molar-refractivity contribution in [2.45, 2.75) is 5.22 Å². The Kier molecular flexibility index (Phi) is 5.64. The molecule has 1 N–H and O–H groups in total. The number of benzene rings is 1. The second kappa shape index (κ2) is 7.91. The summed E-state index contributed by atoms with van der Waals surface area (Å²) in [6.07, 6.45) is 3.30. The van der Waals surface area contributed by atoms with E-state index >= 15 is 0 Å². The third-order valence-corrected chi connectivity index (χ3v) is 5.56. The SMILES string of the molecule is O=C(CSc1nnc(-c2ccncc2)o1)Nc1ccc(Br)c(Br)c1. The van der Waals surface area contributed by atoms with Gasteiger partial charge in [-0.2, -0.15) is 0 Å². The first-order valence-electron chi connectivity index (χ1n) is 6.73. The maximum atomic E-state index is 12.0. The van der Waals surface area contributed by atoms with Crippen LogP contribution < -0.4 is 5.32 Å². The van der Waals surface area contributed by atoms with Gasteiger partial charge >= 0.3 is 0 Å². The van der Waals surface area contributed by atoms with Gasteiger partial charge in [-0.1, -0.05) is 11.8 Å². The number of nitrogens with zero attached hydrogens (tertiary/aromatic N) is 3. The first-order chi connectivity index (χ1) is 11.6. The molecule has 0 aliphatic heterocycles. The van der Waals surface area contributed by atoms with Gasteiger partial charge in [0.1, 0.15) is 0 Å². The number of rotatable bonds is 5. The molecule has 3 aromatic rings. The van der Waals surface area contributed by atoms with Crippen LogP contribution in [0, 0.1) is 0 Å². The van der Waals surface area contributed by atoms with Crippen molar-refractivity contribution in [3.63, 3.8) is 0 Å². The predicted molar refractivity (Wildman–Crippen MR) is 98.7 cm³/mol. The summed E-state index contributed by atoms with van der Waals surface area (Å²) in [7, 11) is 0. The monoisotopic (exact) mass is 468 g/mol. The molecule has 0 bridgehead atoms. The highest BCUT2D eigenvalue weighted by Crippen LogP contribution is 2.26. The van der Waals surface area contributed by atoms with Crippen molar-refractivity contribution in [1.82, 2.24) is 15.2 Å². The fourth-order valence-electron chi connectivity index (χ4n) is 1.78. The number of halogens is 2. The van der Waals surface area contributed by atoms with E-state index in [4.69, 9.17) is 4.42 Å². The minimum absolute atomic E-state index is 0.155. The Bertz CT molecular complexity index is 858. The number of carbonyl (C=O) groups excluding carboxylic acids is 1. The maximum absolute atomic E-state index is 12.0. The van der Waals surface area contributed by atoms with Crippen LogP contribution in [0.1, 0.15) is 0 Å². The Morgan fingerprint density at radius 1 is 1.12 bits per heavy atom. The zero-order valence-electron chi connectivity index (χ0n) is 12.1. The van der Waals surface area contributed by atoms with Gasteiger partial charge in [-0.15, -0.1) is 10.2 Å². The van der Waals surface area contributed by atoms with Crippen LogP contribution in [0.25, 0.3) is 11.5 Å². The Morgan fingerprint density at radius 2 is 1.92 bits per heavy atom. The molecule has 0 atom stereocenters. The molecule has 0 saturated carbocycles. The molecule has 0 fully saturated rings. The molecule has 2 aromatic heterocycles. The van der Waals surface area contributed by atoms with Gasteiger partial charge in [0.2, 0.25) is 11.8 Å². The fraction of sp³-hybridized carbons (Fsp3) is 0.0667. The Morgan fingerprint density at radius 3 is 2.67 bits per heavy atom. The van der Waals surface area contributed by atoms with Crippen molar-refractivity contribution in [3.8, 4) is 11.5 Å². The second-order valence-corrected chi connectivity index (χ2v) is 7.21. The van der Waals surface area contributed by atoms with E-state index < -0.39 is 0 Å². The van der Waals surface area contributed by atoms with Crippen LogP contribution in [0.15, 0.2) is 61.3 Å². The van der Waals surface area contributed by atoms with E-state index in [1.54, 1.807) is 24.5 Å². The topological polar surface area (TPSA) is 80.9 Å². The van der Waals surface area contributed by atoms with Crippen LogP contribution in [0.5, 0.6) is 0 Å². The van der Waals surface area contributed by atoms with Crippen LogP contribution in [0.3, 0.4) is 0 Å². The number of hydrogen-bond donors (Lipinski definition) is 1. The number of amides is 1. The molecule has 0 radical (unpaired) electrons. The highest BCUT2D eigenvalue weighted by Gasteiger charge is 2.11. The molecule has 9 heteroatoms. The number of pyridine rings is 1. The number of hydrogen-bond acceptors (Lipinski definition) is 6. The first-order valence-corrected chi connectivity index (χ1v) is 9.30. The lowest BCUT2D eigenvalue weighted by atomic mass is 10.3. The van der Waals surface area contributed by atoms with Crippen LogP contribution in [0.2, 0.25) is 0 Å². The minimum atomic E-state index is -0.155. The quantitative estimate of drug-likeness (QED) is 0.558. The largest absolute Gasteiger partial charge is 0.411 e. The zero-order valence-corrected chi connectivity index (χ0v) is 16.1. The van der Waals surface area contributed by atoms with Crippen molar-refractivity contribution >= 4 is 55.2 Å². The fourth-order valence-corrected chi connectivity index (χ4v) is 2.97. The van der Waals surface area contributed by atoms with E-state index in [-0.39, 0.29) is 11.7 Å². The Labute approximate surface area is 158 Å². The van der Waals surface area contributed by atoms with Gasteiger partial charge in [0.05, 0.1) is 5.75 Å². The first kappa shape index (κ1) is 17.1. The van der Waals surface area contributed by atoms with E-state index in [0.717, 1.165) is 14.5 Å². The van der Waals surface area contributed by atoms with Crippen molar-refractivity contribution in [2.75, 3.05) is 11.1 Å². The van der Waals surface area contributed by atoms with Gasteiger partial charge < -0.3 is 9.73 Å². The summed E-state index contributed by atoms with van der Waals surface area (Å²) < 4.78 is 7.31. The van der Waals surface area contributed by atoms with Crippen LogP contribution in [-0.4, -0.2) is 26.8 Å². The van der Waals surface area contributed by atoms with Gasteiger partial charge in [0, 0.05) is 32.6 Å². The molecule has 1 aromatic carbocycles. The third kappa shape index (κ3) is 4.43. The molecule has 6 nitrogen and oxygen atoms in total. The third-order valence-electron chi connectivity index (χ3n) is 2.86. The van der Waals surface area contributed by atoms with Crippen molar-refractivity contribution in [1.29, 1.82) is 0 Å². The van der Waals surface area contributed by atoms with Crippen LogP contribution in [-0.2, 0) is 4.79 Å². The molecule has 122 valence electrons. The average Bonchev–Trinajstić information content (AvgIpc) is 3.06. The van der Waals surface area contributed by atoms with Gasteiger partial charge in [-0.25, -0.2) is 0 Å². The summed E-state index contributed by atoms with van der Waals surface area (Å²) in [5.41, 5.74) is 1.49. The van der Waals surface area contributed by atoms with Crippen molar-refractivity contribution in [3.05, 3.63) is 51.7 Å². The molecular weight excluding hydrogens is 460 g/mol. The van der Waals surface area contributed by atoms with E-state index in [9.17, 15) is 4.79 Å². The molecule has 3 rings (SSSR count). The predicted octanol–water partition coefficient (Wildman–Crippen LogP) is 4.39. The molecule has 24 heavy (non-hydrogen) atoms.